The molecule has 0 fully saturated rings. The van der Waals surface area contributed by atoms with Crippen LogP contribution >= 0.6 is 12.2 Å². The highest BCUT2D eigenvalue weighted by molar-refractivity contribution is 7.80. The Hall–Kier alpha value is -2.11. The lowest BCUT2D eigenvalue weighted by Gasteiger charge is -1.99. The zero-order chi connectivity index (χ0) is 12.8. The molecule has 0 aliphatic heterocycles. The van der Waals surface area contributed by atoms with Gasteiger partial charge in [0, 0.05) is 29.4 Å². The van der Waals surface area contributed by atoms with Crippen LogP contribution in [0.2, 0.25) is 0 Å². The van der Waals surface area contributed by atoms with Crippen molar-refractivity contribution in [1.29, 1.82) is 0 Å². The quantitative estimate of drug-likeness (QED) is 0.286. The van der Waals surface area contributed by atoms with E-state index in [1.165, 1.54) is 0 Å². The van der Waals surface area contributed by atoms with Gasteiger partial charge in [-0.3, -0.25) is 5.43 Å². The van der Waals surface area contributed by atoms with Gasteiger partial charge in [0.15, 0.2) is 0 Å². The molecule has 0 amide bonds. The smallest absolute Gasteiger partial charge is 0.273 e. The minimum absolute atomic E-state index is 0.225. The number of para-hydroxylation sites is 2. The van der Waals surface area contributed by atoms with Crippen LogP contribution in [0.15, 0.2) is 65.8 Å². The lowest BCUT2D eigenvalue weighted by Crippen LogP contribution is -2.28. The van der Waals surface area contributed by atoms with Crippen molar-refractivity contribution in [3.8, 4) is 0 Å². The van der Waals surface area contributed by atoms with E-state index in [-0.39, 0.29) is 5.11 Å². The summed E-state index contributed by atoms with van der Waals surface area (Å²) in [5, 5.41) is 4.49. The summed E-state index contributed by atoms with van der Waals surface area (Å²) >= 11 is 4.99. The molecule has 0 atom stereocenters. The predicted molar refractivity (Wildman–Crippen MR) is 76.7 cm³/mol. The van der Waals surface area contributed by atoms with Crippen LogP contribution in [0.5, 0.6) is 0 Å². The zero-order valence-corrected chi connectivity index (χ0v) is 10.5. The van der Waals surface area contributed by atoms with Gasteiger partial charge in [-0.1, -0.05) is 36.4 Å². The molecule has 18 heavy (non-hydrogen) atoms. The van der Waals surface area contributed by atoms with Gasteiger partial charge in [-0.15, -0.1) is 0 Å². The third-order valence-electron chi connectivity index (χ3n) is 2.32. The SMILES string of the molecule is NNC(=S)N=[N+](c1ccccc1)c1ccccc1. The maximum Gasteiger partial charge on any atom is 0.273 e. The van der Waals surface area contributed by atoms with Gasteiger partial charge in [-0.2, -0.15) is 0 Å². The Kier molecular flexibility index (Phi) is 4.11. The molecule has 0 spiro atoms. The molecule has 0 bridgehead atoms. The molecule has 0 saturated carbocycles. The Labute approximate surface area is 111 Å². The van der Waals surface area contributed by atoms with Gasteiger partial charge in [-0.25, -0.2) is 5.84 Å². The van der Waals surface area contributed by atoms with Crippen molar-refractivity contribution in [3.63, 3.8) is 0 Å². The van der Waals surface area contributed by atoms with E-state index in [4.69, 9.17) is 18.1 Å². The maximum atomic E-state index is 5.26. The number of nitrogens with one attached hydrogen (secondary N) is 1. The van der Waals surface area contributed by atoms with Crippen molar-refractivity contribution in [1.82, 2.24) is 10.1 Å². The standard InChI is InChI=1S/C13H12N4S/c14-15-13(18)16-17(11-7-3-1-4-8-11)12-9-5-2-6-10-12/h1-10,14H,(H,16,18)/p+1. The van der Waals surface area contributed by atoms with Gasteiger partial charge >= 0.3 is 0 Å². The van der Waals surface area contributed by atoms with Gasteiger partial charge in [0.1, 0.15) is 0 Å². The van der Waals surface area contributed by atoms with E-state index in [2.05, 4.69) is 10.5 Å². The fourth-order valence-corrected chi connectivity index (χ4v) is 1.60. The molecule has 5 heteroatoms. The third kappa shape index (κ3) is 2.97. The van der Waals surface area contributed by atoms with Crippen LogP contribution in [0.3, 0.4) is 0 Å². The molecule has 2 rings (SSSR count). The molecule has 0 aliphatic rings. The highest BCUT2D eigenvalue weighted by Crippen LogP contribution is 2.20. The van der Waals surface area contributed by atoms with Crippen molar-refractivity contribution in [2.45, 2.75) is 0 Å². The summed E-state index contributed by atoms with van der Waals surface area (Å²) in [5.41, 5.74) is 4.19. The molecule has 0 radical (unpaired) electrons. The molecule has 0 aromatic heterocycles. The van der Waals surface area contributed by atoms with Crippen molar-refractivity contribution >= 4 is 28.7 Å². The summed E-state index contributed by atoms with van der Waals surface area (Å²) < 4.78 is 1.74. The Morgan fingerprint density at radius 2 is 1.39 bits per heavy atom. The van der Waals surface area contributed by atoms with Crippen LogP contribution in [0, 0.1) is 0 Å². The zero-order valence-electron chi connectivity index (χ0n) is 9.65. The van der Waals surface area contributed by atoms with Crippen LogP contribution in [0.25, 0.3) is 0 Å². The van der Waals surface area contributed by atoms with Crippen LogP contribution in [0.1, 0.15) is 0 Å². The van der Waals surface area contributed by atoms with Crippen LogP contribution in [-0.4, -0.2) is 5.11 Å². The second-order valence-electron chi connectivity index (χ2n) is 3.53. The second kappa shape index (κ2) is 6.00. The average Bonchev–Trinajstić information content (AvgIpc) is 2.46. The number of thiocarbonyl (C=S) groups is 1. The van der Waals surface area contributed by atoms with Gasteiger partial charge in [0.2, 0.25) is 11.4 Å². The number of nitrogens with two attached hydrogens (primary N) is 1. The molecule has 2 aromatic rings. The fraction of sp³-hybridized carbons (Fsp3) is 0. The second-order valence-corrected chi connectivity index (χ2v) is 3.92. The summed E-state index contributed by atoms with van der Waals surface area (Å²) in [4.78, 5) is 0. The predicted octanol–water partition coefficient (Wildman–Crippen LogP) is 2.72. The number of rotatable bonds is 2. The summed E-state index contributed by atoms with van der Waals surface area (Å²) in [5.74, 6) is 5.26. The first-order valence-corrected chi connectivity index (χ1v) is 5.84. The summed E-state index contributed by atoms with van der Waals surface area (Å²) in [6.07, 6.45) is 0. The molecule has 0 aliphatic carbocycles. The Morgan fingerprint density at radius 3 is 1.78 bits per heavy atom. The first kappa shape index (κ1) is 12.3. The molecule has 0 saturated heterocycles. The van der Waals surface area contributed by atoms with E-state index in [1.807, 2.05) is 60.7 Å². The minimum atomic E-state index is 0.225. The molecular formula is C13H13N4S+. The van der Waals surface area contributed by atoms with E-state index >= 15 is 0 Å². The normalized spacial score (nSPS) is 9.61. The van der Waals surface area contributed by atoms with Crippen LogP contribution in [-0.2, 0) is 0 Å². The molecule has 2 aromatic carbocycles. The van der Waals surface area contributed by atoms with Crippen molar-refractivity contribution in [2.24, 2.45) is 11.0 Å². The third-order valence-corrected chi connectivity index (χ3v) is 2.52. The molecule has 0 unspecified atom stereocenters. The van der Waals surface area contributed by atoms with Gasteiger partial charge in [0.25, 0.3) is 5.11 Å². The van der Waals surface area contributed by atoms with Crippen LogP contribution in [0.4, 0.5) is 11.4 Å². The average molecular weight is 257 g/mol. The van der Waals surface area contributed by atoms with E-state index < -0.39 is 0 Å². The summed E-state index contributed by atoms with van der Waals surface area (Å²) in [6, 6.07) is 19.5. The first-order valence-electron chi connectivity index (χ1n) is 5.43. The van der Waals surface area contributed by atoms with Crippen LogP contribution < -0.4 is 16.0 Å². The van der Waals surface area contributed by atoms with Gasteiger partial charge in [-0.05, 0) is 16.9 Å². The van der Waals surface area contributed by atoms with Gasteiger partial charge < -0.3 is 0 Å². The lowest BCUT2D eigenvalue weighted by molar-refractivity contribution is 0.891. The fourth-order valence-electron chi connectivity index (χ4n) is 1.52. The maximum absolute atomic E-state index is 5.26. The van der Waals surface area contributed by atoms with Crippen molar-refractivity contribution < 1.29 is 0 Å². The van der Waals surface area contributed by atoms with Crippen molar-refractivity contribution in [2.75, 3.05) is 0 Å². The molecule has 90 valence electrons. The summed E-state index contributed by atoms with van der Waals surface area (Å²) in [7, 11) is 0. The molecule has 4 nitrogen and oxygen atoms in total. The van der Waals surface area contributed by atoms with E-state index in [1.54, 1.807) is 4.70 Å². The topological polar surface area (TPSA) is 53.4 Å². The van der Waals surface area contributed by atoms with Gasteiger partial charge in [0.05, 0.1) is 0 Å². The number of hydrogen-bond donors (Lipinski definition) is 2. The number of hydrazine groups is 1. The van der Waals surface area contributed by atoms with E-state index in [0.29, 0.717) is 0 Å². The monoisotopic (exact) mass is 257 g/mol. The highest BCUT2D eigenvalue weighted by atomic mass is 32.1. The molecule has 3 N–H and O–H groups in total. The Morgan fingerprint density at radius 1 is 0.944 bits per heavy atom. The lowest BCUT2D eigenvalue weighted by atomic mass is 10.2. The largest absolute Gasteiger partial charge is 0.294 e. The van der Waals surface area contributed by atoms with E-state index in [9.17, 15) is 0 Å². The Bertz CT molecular complexity index is 510. The molecule has 0 heterocycles. The van der Waals surface area contributed by atoms with Crippen molar-refractivity contribution in [3.05, 3.63) is 60.7 Å². The molecular weight excluding hydrogens is 244 g/mol. The number of hydrogen-bond acceptors (Lipinski definition) is 2. The number of benzene rings is 2. The number of nitrogens with zero attached hydrogens (tertiary/aromatic N) is 2. The number of azo groups is 2. The summed E-state index contributed by atoms with van der Waals surface area (Å²) in [6.45, 7) is 0. The Balaban J connectivity index is 2.49. The van der Waals surface area contributed by atoms with E-state index in [0.717, 1.165) is 11.4 Å². The first-order chi connectivity index (χ1) is 8.81. The highest BCUT2D eigenvalue weighted by Gasteiger charge is 2.15. The minimum Gasteiger partial charge on any atom is -0.294 e.